The quantitative estimate of drug-likeness (QED) is 0.839. The van der Waals surface area contributed by atoms with Crippen LogP contribution in [0, 0.1) is 25.7 Å². The number of nitrogens with two attached hydrogens (primary N) is 1. The van der Waals surface area contributed by atoms with E-state index in [1.54, 1.807) is 0 Å². The van der Waals surface area contributed by atoms with Crippen molar-refractivity contribution in [2.75, 3.05) is 5.32 Å². The van der Waals surface area contributed by atoms with Crippen molar-refractivity contribution in [3.63, 3.8) is 0 Å². The number of aryl methyl sites for hydroxylation is 1. The minimum atomic E-state index is 0.389. The zero-order valence-corrected chi connectivity index (χ0v) is 13.5. The van der Waals surface area contributed by atoms with E-state index in [1.165, 1.54) is 6.42 Å². The number of thiocarbonyl (C=S) groups is 1. The molecular formula is C15H24N4S. The van der Waals surface area contributed by atoms with Gasteiger partial charge in [-0.25, -0.2) is 0 Å². The molecule has 0 aliphatic heterocycles. The summed E-state index contributed by atoms with van der Waals surface area (Å²) in [6.07, 6.45) is 3.57. The van der Waals surface area contributed by atoms with Gasteiger partial charge in [0.15, 0.2) is 5.82 Å². The molecule has 0 amide bonds. The summed E-state index contributed by atoms with van der Waals surface area (Å²) >= 11 is 5.18. The number of hydrogen-bond donors (Lipinski definition) is 2. The Labute approximate surface area is 126 Å². The molecule has 1 fully saturated rings. The number of anilines is 1. The molecule has 1 saturated carbocycles. The van der Waals surface area contributed by atoms with Crippen molar-refractivity contribution in [3.05, 3.63) is 16.8 Å². The highest BCUT2D eigenvalue weighted by molar-refractivity contribution is 7.80. The van der Waals surface area contributed by atoms with E-state index in [0.717, 1.165) is 47.3 Å². The van der Waals surface area contributed by atoms with Gasteiger partial charge in [0.25, 0.3) is 0 Å². The molecule has 4 nitrogen and oxygen atoms in total. The molecule has 1 aromatic heterocycles. The molecule has 3 N–H and O–H groups in total. The standard InChI is InChI=1S/C15H24N4S/c1-8-5-6-12(7-9(8)2)17-15-13(14(16)20)10(3)11(4)18-19-15/h8-9,12H,5-7H2,1-4H3,(H2,16,20)(H,17,19). The second-order valence-corrected chi connectivity index (χ2v) is 6.55. The second-order valence-electron chi connectivity index (χ2n) is 6.11. The molecule has 3 unspecified atom stereocenters. The average Bonchev–Trinajstić information content (AvgIpc) is 2.38. The van der Waals surface area contributed by atoms with Crippen molar-refractivity contribution >= 4 is 23.0 Å². The first-order valence-corrected chi connectivity index (χ1v) is 7.71. The van der Waals surface area contributed by atoms with Gasteiger partial charge in [-0.15, -0.1) is 5.10 Å². The summed E-state index contributed by atoms with van der Waals surface area (Å²) in [6.45, 7) is 8.57. The molecule has 20 heavy (non-hydrogen) atoms. The van der Waals surface area contributed by atoms with Gasteiger partial charge in [0, 0.05) is 6.04 Å². The lowest BCUT2D eigenvalue weighted by atomic mass is 9.79. The Kier molecular flexibility index (Phi) is 4.58. The molecule has 3 atom stereocenters. The van der Waals surface area contributed by atoms with E-state index >= 15 is 0 Å². The lowest BCUT2D eigenvalue weighted by Crippen LogP contribution is -2.32. The van der Waals surface area contributed by atoms with Gasteiger partial charge in [-0.05, 0) is 50.5 Å². The van der Waals surface area contributed by atoms with E-state index in [-0.39, 0.29) is 0 Å². The number of aromatic nitrogens is 2. The van der Waals surface area contributed by atoms with E-state index in [9.17, 15) is 0 Å². The lowest BCUT2D eigenvalue weighted by Gasteiger charge is -2.33. The highest BCUT2D eigenvalue weighted by Gasteiger charge is 2.26. The van der Waals surface area contributed by atoms with E-state index in [4.69, 9.17) is 18.0 Å². The van der Waals surface area contributed by atoms with Gasteiger partial charge in [-0.1, -0.05) is 26.1 Å². The van der Waals surface area contributed by atoms with E-state index < -0.39 is 0 Å². The summed E-state index contributed by atoms with van der Waals surface area (Å²) in [4.78, 5) is 0.389. The first kappa shape index (κ1) is 15.2. The molecule has 0 bridgehead atoms. The highest BCUT2D eigenvalue weighted by Crippen LogP contribution is 2.31. The molecule has 1 aromatic rings. The van der Waals surface area contributed by atoms with E-state index in [1.807, 2.05) is 13.8 Å². The minimum Gasteiger partial charge on any atom is -0.389 e. The maximum absolute atomic E-state index is 5.86. The van der Waals surface area contributed by atoms with Crippen LogP contribution in [0.5, 0.6) is 0 Å². The Bertz CT molecular complexity index is 515. The molecule has 0 radical (unpaired) electrons. The molecule has 1 aliphatic rings. The summed E-state index contributed by atoms with van der Waals surface area (Å²) in [5.74, 6) is 2.27. The van der Waals surface area contributed by atoms with Crippen LogP contribution in [-0.4, -0.2) is 21.2 Å². The normalized spacial score (nSPS) is 26.3. The van der Waals surface area contributed by atoms with Crippen LogP contribution in [0.15, 0.2) is 0 Å². The predicted octanol–water partition coefficient (Wildman–Crippen LogP) is 2.96. The molecular weight excluding hydrogens is 268 g/mol. The third-order valence-corrected chi connectivity index (χ3v) is 4.84. The van der Waals surface area contributed by atoms with Gasteiger partial charge in [0.05, 0.1) is 11.3 Å². The smallest absolute Gasteiger partial charge is 0.159 e. The van der Waals surface area contributed by atoms with Crippen LogP contribution in [0.4, 0.5) is 5.82 Å². The number of nitrogens with one attached hydrogen (secondary N) is 1. The maximum atomic E-state index is 5.86. The van der Waals surface area contributed by atoms with E-state index in [2.05, 4.69) is 29.4 Å². The molecule has 0 spiro atoms. The molecule has 5 heteroatoms. The van der Waals surface area contributed by atoms with Crippen molar-refractivity contribution in [1.82, 2.24) is 10.2 Å². The summed E-state index contributed by atoms with van der Waals surface area (Å²) in [5, 5.41) is 12.0. The monoisotopic (exact) mass is 292 g/mol. The average molecular weight is 292 g/mol. The van der Waals surface area contributed by atoms with Gasteiger partial charge < -0.3 is 11.1 Å². The summed E-state index contributed by atoms with van der Waals surface area (Å²) in [6, 6.07) is 0.436. The molecule has 110 valence electrons. The summed E-state index contributed by atoms with van der Waals surface area (Å²) in [5.41, 5.74) is 8.61. The fraction of sp³-hybridized carbons (Fsp3) is 0.667. The largest absolute Gasteiger partial charge is 0.389 e. The maximum Gasteiger partial charge on any atom is 0.159 e. The second kappa shape index (κ2) is 6.04. The fourth-order valence-corrected chi connectivity index (χ4v) is 3.13. The van der Waals surface area contributed by atoms with Gasteiger partial charge in [-0.2, -0.15) is 5.10 Å². The lowest BCUT2D eigenvalue weighted by molar-refractivity contribution is 0.260. The minimum absolute atomic E-state index is 0.389. The molecule has 1 aliphatic carbocycles. The third-order valence-electron chi connectivity index (χ3n) is 4.64. The van der Waals surface area contributed by atoms with Gasteiger partial charge in [0.2, 0.25) is 0 Å². The summed E-state index contributed by atoms with van der Waals surface area (Å²) < 4.78 is 0. The van der Waals surface area contributed by atoms with Crippen molar-refractivity contribution in [3.8, 4) is 0 Å². The van der Waals surface area contributed by atoms with Crippen LogP contribution in [0.3, 0.4) is 0 Å². The van der Waals surface area contributed by atoms with Crippen LogP contribution in [0.25, 0.3) is 0 Å². The molecule has 0 saturated heterocycles. The Balaban J connectivity index is 2.22. The van der Waals surface area contributed by atoms with Crippen LogP contribution in [0.2, 0.25) is 0 Å². The van der Waals surface area contributed by atoms with Gasteiger partial charge >= 0.3 is 0 Å². The van der Waals surface area contributed by atoms with Gasteiger partial charge in [0.1, 0.15) is 4.99 Å². The number of hydrogen-bond acceptors (Lipinski definition) is 4. The zero-order valence-electron chi connectivity index (χ0n) is 12.7. The van der Waals surface area contributed by atoms with E-state index in [0.29, 0.717) is 11.0 Å². The first-order chi connectivity index (χ1) is 9.40. The Hall–Kier alpha value is -1.23. The highest BCUT2D eigenvalue weighted by atomic mass is 32.1. The van der Waals surface area contributed by atoms with Crippen molar-refractivity contribution in [2.45, 2.75) is 53.0 Å². The first-order valence-electron chi connectivity index (χ1n) is 7.30. The molecule has 0 aromatic carbocycles. The topological polar surface area (TPSA) is 63.8 Å². The fourth-order valence-electron chi connectivity index (χ4n) is 2.88. The summed E-state index contributed by atoms with van der Waals surface area (Å²) in [7, 11) is 0. The van der Waals surface area contributed by atoms with Crippen LogP contribution >= 0.6 is 12.2 Å². The van der Waals surface area contributed by atoms with Crippen LogP contribution in [0.1, 0.15) is 49.9 Å². The predicted molar refractivity (Wildman–Crippen MR) is 87.0 cm³/mol. The molecule has 1 heterocycles. The SMILES string of the molecule is Cc1nnc(NC2CCC(C)C(C)C2)c(C(N)=S)c1C. The van der Waals surface area contributed by atoms with Crippen molar-refractivity contribution in [1.29, 1.82) is 0 Å². The zero-order chi connectivity index (χ0) is 14.9. The third kappa shape index (κ3) is 3.08. The Morgan fingerprint density at radius 3 is 2.50 bits per heavy atom. The Morgan fingerprint density at radius 2 is 1.90 bits per heavy atom. The van der Waals surface area contributed by atoms with Crippen molar-refractivity contribution in [2.24, 2.45) is 17.6 Å². The number of nitrogens with zero attached hydrogens (tertiary/aromatic N) is 2. The van der Waals surface area contributed by atoms with Crippen molar-refractivity contribution < 1.29 is 0 Å². The number of rotatable bonds is 3. The van der Waals surface area contributed by atoms with Crippen LogP contribution in [-0.2, 0) is 0 Å². The Morgan fingerprint density at radius 1 is 1.20 bits per heavy atom. The van der Waals surface area contributed by atoms with Crippen LogP contribution < -0.4 is 11.1 Å². The van der Waals surface area contributed by atoms with Gasteiger partial charge in [-0.3, -0.25) is 0 Å². The molecule has 2 rings (SSSR count).